The zero-order valence-electron chi connectivity index (χ0n) is 13.3. The van der Waals surface area contributed by atoms with Crippen LogP contribution in [0.3, 0.4) is 0 Å². The molecule has 6 heteroatoms. The summed E-state index contributed by atoms with van der Waals surface area (Å²) in [7, 11) is 0. The molecule has 124 valence electrons. The van der Waals surface area contributed by atoms with Gasteiger partial charge < -0.3 is 19.7 Å². The summed E-state index contributed by atoms with van der Waals surface area (Å²) in [5, 5.41) is 2.95. The highest BCUT2D eigenvalue weighted by molar-refractivity contribution is 5.97. The van der Waals surface area contributed by atoms with E-state index in [2.05, 4.69) is 12.2 Å². The van der Waals surface area contributed by atoms with Gasteiger partial charge in [0.05, 0.1) is 6.04 Å². The van der Waals surface area contributed by atoms with Crippen LogP contribution >= 0.6 is 0 Å². The molecule has 3 rings (SSSR count). The normalized spacial score (nSPS) is 19.8. The molecule has 1 fully saturated rings. The van der Waals surface area contributed by atoms with E-state index >= 15 is 0 Å². The zero-order chi connectivity index (χ0) is 16.2. The molecule has 2 aliphatic heterocycles. The Balaban J connectivity index is 1.65. The van der Waals surface area contributed by atoms with Crippen LogP contribution in [0.15, 0.2) is 18.2 Å². The van der Waals surface area contributed by atoms with Crippen molar-refractivity contribution in [2.24, 2.45) is 0 Å². The number of hydrogen-bond acceptors (Lipinski definition) is 4. The van der Waals surface area contributed by atoms with Crippen LogP contribution in [0.25, 0.3) is 0 Å². The maximum Gasteiger partial charge on any atom is 0.229 e. The predicted molar refractivity (Wildman–Crippen MR) is 85.9 cm³/mol. The van der Waals surface area contributed by atoms with Gasteiger partial charge in [-0.3, -0.25) is 9.59 Å². The number of nitrogens with one attached hydrogen (secondary N) is 1. The van der Waals surface area contributed by atoms with Gasteiger partial charge in [-0.25, -0.2) is 0 Å². The van der Waals surface area contributed by atoms with Gasteiger partial charge in [-0.15, -0.1) is 0 Å². The van der Waals surface area contributed by atoms with Crippen LogP contribution in [0, 0.1) is 0 Å². The maximum absolute atomic E-state index is 12.3. The Kier molecular flexibility index (Phi) is 4.69. The van der Waals surface area contributed by atoms with E-state index in [-0.39, 0.29) is 17.9 Å². The molecule has 2 heterocycles. The maximum atomic E-state index is 12.3. The first-order valence-electron chi connectivity index (χ1n) is 8.16. The fourth-order valence-corrected chi connectivity index (χ4v) is 2.89. The number of carbonyl (C=O) groups excluding carboxylic acids is 2. The molecular weight excluding hydrogens is 296 g/mol. The van der Waals surface area contributed by atoms with E-state index in [1.54, 1.807) is 4.90 Å². The van der Waals surface area contributed by atoms with E-state index in [1.807, 2.05) is 18.2 Å². The van der Waals surface area contributed by atoms with Crippen molar-refractivity contribution in [1.29, 1.82) is 0 Å². The highest BCUT2D eigenvalue weighted by Gasteiger charge is 2.32. The molecule has 2 amide bonds. The second-order valence-corrected chi connectivity index (χ2v) is 5.90. The lowest BCUT2D eigenvalue weighted by molar-refractivity contribution is -0.121. The van der Waals surface area contributed by atoms with E-state index in [0.29, 0.717) is 44.1 Å². The third-order valence-corrected chi connectivity index (χ3v) is 4.08. The summed E-state index contributed by atoms with van der Waals surface area (Å²) in [6.07, 6.45) is 2.72. The molecule has 1 aromatic rings. The Morgan fingerprint density at radius 1 is 1.30 bits per heavy atom. The third-order valence-electron chi connectivity index (χ3n) is 4.08. The van der Waals surface area contributed by atoms with Gasteiger partial charge in [-0.05, 0) is 18.6 Å². The van der Waals surface area contributed by atoms with Gasteiger partial charge in [0.25, 0.3) is 0 Å². The molecule has 0 unspecified atom stereocenters. The molecule has 0 aromatic heterocycles. The quantitative estimate of drug-likeness (QED) is 0.900. The Hall–Kier alpha value is -2.24. The predicted octanol–water partition coefficient (Wildman–Crippen LogP) is 1.87. The lowest BCUT2D eigenvalue weighted by Gasteiger charge is -2.22. The number of benzene rings is 1. The van der Waals surface area contributed by atoms with Crippen molar-refractivity contribution in [2.75, 3.05) is 24.7 Å². The van der Waals surface area contributed by atoms with E-state index < -0.39 is 0 Å². The first-order valence-corrected chi connectivity index (χ1v) is 8.16. The summed E-state index contributed by atoms with van der Waals surface area (Å²) in [4.78, 5) is 25.8. The monoisotopic (exact) mass is 318 g/mol. The van der Waals surface area contributed by atoms with Gasteiger partial charge >= 0.3 is 0 Å². The molecule has 6 nitrogen and oxygen atoms in total. The molecule has 0 aliphatic carbocycles. The highest BCUT2D eigenvalue weighted by Crippen LogP contribution is 2.35. The number of rotatable bonds is 5. The van der Waals surface area contributed by atoms with Gasteiger partial charge in [0, 0.05) is 31.1 Å². The number of amides is 2. The third kappa shape index (κ3) is 3.57. The summed E-state index contributed by atoms with van der Waals surface area (Å²) in [5.41, 5.74) is 0.782. The second kappa shape index (κ2) is 6.89. The standard InChI is InChI=1S/C17H22N2O4/c1-2-3-4-16(20)18-12-9-17(21)19(11-12)13-5-6-14-15(10-13)23-8-7-22-14/h5-6,10,12H,2-4,7-9,11H2,1H3,(H,18,20)/t12-/m0/s1. The number of unbranched alkanes of at least 4 members (excludes halogenated alkanes) is 1. The average molecular weight is 318 g/mol. The zero-order valence-corrected chi connectivity index (χ0v) is 13.3. The average Bonchev–Trinajstić information content (AvgIpc) is 2.92. The number of nitrogens with zero attached hydrogens (tertiary/aromatic N) is 1. The lowest BCUT2D eigenvalue weighted by atomic mass is 10.2. The first kappa shape index (κ1) is 15.6. The molecule has 2 aliphatic rings. The molecule has 0 spiro atoms. The molecule has 0 bridgehead atoms. The van der Waals surface area contributed by atoms with Crippen LogP contribution in [0.1, 0.15) is 32.6 Å². The van der Waals surface area contributed by atoms with Crippen molar-refractivity contribution >= 4 is 17.5 Å². The van der Waals surface area contributed by atoms with Crippen LogP contribution in [0.4, 0.5) is 5.69 Å². The smallest absolute Gasteiger partial charge is 0.229 e. The number of ether oxygens (including phenoxy) is 2. The fourth-order valence-electron chi connectivity index (χ4n) is 2.89. The van der Waals surface area contributed by atoms with Crippen molar-refractivity contribution in [3.8, 4) is 11.5 Å². The van der Waals surface area contributed by atoms with Crippen LogP contribution in [0.5, 0.6) is 11.5 Å². The Labute approximate surface area is 135 Å². The number of hydrogen-bond donors (Lipinski definition) is 1. The van der Waals surface area contributed by atoms with E-state index in [1.165, 1.54) is 0 Å². The molecule has 1 atom stereocenters. The molecule has 1 saturated heterocycles. The largest absolute Gasteiger partial charge is 0.486 e. The highest BCUT2D eigenvalue weighted by atomic mass is 16.6. The summed E-state index contributed by atoms with van der Waals surface area (Å²) >= 11 is 0. The molecule has 1 aromatic carbocycles. The summed E-state index contributed by atoms with van der Waals surface area (Å²) in [6, 6.07) is 5.38. The second-order valence-electron chi connectivity index (χ2n) is 5.90. The number of fused-ring (bicyclic) bond motifs is 1. The minimum atomic E-state index is -0.125. The summed E-state index contributed by atoms with van der Waals surface area (Å²) < 4.78 is 11.1. The van der Waals surface area contributed by atoms with E-state index in [0.717, 1.165) is 18.5 Å². The van der Waals surface area contributed by atoms with Crippen LogP contribution in [0.2, 0.25) is 0 Å². The van der Waals surface area contributed by atoms with Gasteiger partial charge in [0.2, 0.25) is 11.8 Å². The van der Waals surface area contributed by atoms with Crippen LogP contribution < -0.4 is 19.7 Å². The molecule has 1 N–H and O–H groups in total. The van der Waals surface area contributed by atoms with Crippen molar-refractivity contribution in [3.63, 3.8) is 0 Å². The fraction of sp³-hybridized carbons (Fsp3) is 0.529. The first-order chi connectivity index (χ1) is 11.2. The summed E-state index contributed by atoms with van der Waals surface area (Å²) in [6.45, 7) is 3.60. The molecule has 0 radical (unpaired) electrons. The minimum Gasteiger partial charge on any atom is -0.486 e. The van der Waals surface area contributed by atoms with Gasteiger partial charge in [-0.2, -0.15) is 0 Å². The van der Waals surface area contributed by atoms with Gasteiger partial charge in [0.15, 0.2) is 11.5 Å². The number of carbonyl (C=O) groups is 2. The van der Waals surface area contributed by atoms with Crippen molar-refractivity contribution < 1.29 is 19.1 Å². The molecule has 23 heavy (non-hydrogen) atoms. The van der Waals surface area contributed by atoms with Crippen molar-refractivity contribution in [2.45, 2.75) is 38.6 Å². The van der Waals surface area contributed by atoms with Gasteiger partial charge in [-0.1, -0.05) is 13.3 Å². The Bertz CT molecular complexity index is 602. The van der Waals surface area contributed by atoms with Crippen LogP contribution in [-0.2, 0) is 9.59 Å². The minimum absolute atomic E-state index is 0.0162. The van der Waals surface area contributed by atoms with Crippen molar-refractivity contribution in [1.82, 2.24) is 5.32 Å². The van der Waals surface area contributed by atoms with Crippen LogP contribution in [-0.4, -0.2) is 37.6 Å². The molecule has 0 saturated carbocycles. The number of anilines is 1. The van der Waals surface area contributed by atoms with Gasteiger partial charge in [0.1, 0.15) is 13.2 Å². The Morgan fingerprint density at radius 3 is 2.87 bits per heavy atom. The molecular formula is C17H22N2O4. The summed E-state index contributed by atoms with van der Waals surface area (Å²) in [5.74, 6) is 1.41. The topological polar surface area (TPSA) is 67.9 Å². The SMILES string of the molecule is CCCCC(=O)N[C@H]1CC(=O)N(c2ccc3c(c2)OCCO3)C1. The van der Waals surface area contributed by atoms with E-state index in [4.69, 9.17) is 9.47 Å². The van der Waals surface area contributed by atoms with E-state index in [9.17, 15) is 9.59 Å². The lowest BCUT2D eigenvalue weighted by Crippen LogP contribution is -2.37. The Morgan fingerprint density at radius 2 is 2.09 bits per heavy atom. The van der Waals surface area contributed by atoms with Crippen molar-refractivity contribution in [3.05, 3.63) is 18.2 Å².